The van der Waals surface area contributed by atoms with Gasteiger partial charge in [0.1, 0.15) is 11.6 Å². The van der Waals surface area contributed by atoms with Crippen molar-refractivity contribution in [3.8, 4) is 0 Å². The molecule has 0 aromatic carbocycles. The van der Waals surface area contributed by atoms with E-state index in [2.05, 4.69) is 31.9 Å². The van der Waals surface area contributed by atoms with Crippen LogP contribution in [-0.4, -0.2) is 65.0 Å². The highest BCUT2D eigenvalue weighted by Gasteiger charge is 2.42. The van der Waals surface area contributed by atoms with Gasteiger partial charge in [-0.3, -0.25) is 4.99 Å². The van der Waals surface area contributed by atoms with E-state index >= 15 is 0 Å². The Bertz CT molecular complexity index is 640. The van der Waals surface area contributed by atoms with E-state index in [0.717, 1.165) is 76.4 Å². The molecule has 4 rings (SSSR count). The molecule has 1 aromatic rings. The fourth-order valence-electron chi connectivity index (χ4n) is 4.41. The van der Waals surface area contributed by atoms with Crippen molar-refractivity contribution in [2.75, 3.05) is 39.4 Å². The van der Waals surface area contributed by atoms with Gasteiger partial charge in [0.15, 0.2) is 5.96 Å². The first-order valence-corrected chi connectivity index (χ1v) is 9.69. The van der Waals surface area contributed by atoms with Crippen LogP contribution in [0.2, 0.25) is 0 Å². The molecule has 2 saturated heterocycles. The number of nitrogens with zero attached hydrogens (tertiary/aromatic N) is 5. The Hall–Kier alpha value is -0.900. The van der Waals surface area contributed by atoms with Gasteiger partial charge in [-0.2, -0.15) is 0 Å². The molecular weight excluding hydrogens is 443 g/mol. The minimum absolute atomic E-state index is 0. The number of aliphatic imine (C=N–C) groups is 1. The molecule has 0 bridgehead atoms. The standard InChI is InChI=1S/C18H30N6O.HI/c1-3-19-17(23-8-6-18(12-23)7-9-25-13-18)20-10-15-4-5-16-22-21-14(2)24(16)11-15;/h15H,3-13H2,1-2H3,(H,19,20);1H. The zero-order valence-corrected chi connectivity index (χ0v) is 18.2. The van der Waals surface area contributed by atoms with E-state index in [4.69, 9.17) is 9.73 Å². The minimum atomic E-state index is 0. The number of aryl methyl sites for hydroxylation is 2. The van der Waals surface area contributed by atoms with Crippen molar-refractivity contribution in [3.05, 3.63) is 11.6 Å². The summed E-state index contributed by atoms with van der Waals surface area (Å²) in [6, 6.07) is 0. The smallest absolute Gasteiger partial charge is 0.193 e. The van der Waals surface area contributed by atoms with Crippen molar-refractivity contribution < 1.29 is 4.74 Å². The fraction of sp³-hybridized carbons (Fsp3) is 0.833. The van der Waals surface area contributed by atoms with Crippen LogP contribution in [0.4, 0.5) is 0 Å². The van der Waals surface area contributed by atoms with Crippen molar-refractivity contribution in [3.63, 3.8) is 0 Å². The van der Waals surface area contributed by atoms with Gasteiger partial charge in [-0.15, -0.1) is 34.2 Å². The van der Waals surface area contributed by atoms with E-state index in [1.54, 1.807) is 0 Å². The highest BCUT2D eigenvalue weighted by molar-refractivity contribution is 14.0. The summed E-state index contributed by atoms with van der Waals surface area (Å²) in [5.74, 6) is 3.81. The summed E-state index contributed by atoms with van der Waals surface area (Å²) in [6.45, 7) is 11.0. The SMILES string of the molecule is CCNC(=NCC1CCc2nnc(C)n2C1)N1CCC2(CCOC2)C1.I. The molecule has 0 aliphatic carbocycles. The third-order valence-electron chi connectivity index (χ3n) is 5.99. The molecule has 4 heterocycles. The van der Waals surface area contributed by atoms with E-state index < -0.39 is 0 Å². The second-order valence-corrected chi connectivity index (χ2v) is 7.85. The number of guanidine groups is 1. The van der Waals surface area contributed by atoms with Crippen LogP contribution < -0.4 is 5.32 Å². The lowest BCUT2D eigenvalue weighted by atomic mass is 9.87. The number of fused-ring (bicyclic) bond motifs is 1. The number of rotatable bonds is 3. The van der Waals surface area contributed by atoms with Gasteiger partial charge < -0.3 is 19.5 Å². The lowest BCUT2D eigenvalue weighted by molar-refractivity contribution is 0.156. The average molecular weight is 474 g/mol. The molecule has 26 heavy (non-hydrogen) atoms. The molecule has 0 saturated carbocycles. The van der Waals surface area contributed by atoms with Gasteiger partial charge in [-0.1, -0.05) is 0 Å². The molecule has 0 radical (unpaired) electrons. The van der Waals surface area contributed by atoms with Gasteiger partial charge in [0.05, 0.1) is 6.61 Å². The first-order valence-electron chi connectivity index (χ1n) is 9.69. The van der Waals surface area contributed by atoms with Crippen LogP contribution in [0, 0.1) is 18.3 Å². The third kappa shape index (κ3) is 4.00. The summed E-state index contributed by atoms with van der Waals surface area (Å²) in [5.41, 5.74) is 0.371. The molecule has 0 amide bonds. The second kappa shape index (κ2) is 8.41. The van der Waals surface area contributed by atoms with Crippen LogP contribution in [0.25, 0.3) is 0 Å². The highest BCUT2D eigenvalue weighted by atomic mass is 127. The summed E-state index contributed by atoms with van der Waals surface area (Å²) >= 11 is 0. The Morgan fingerprint density at radius 2 is 2.27 bits per heavy atom. The predicted octanol–water partition coefficient (Wildman–Crippen LogP) is 1.84. The third-order valence-corrected chi connectivity index (χ3v) is 5.99. The van der Waals surface area contributed by atoms with Crippen molar-refractivity contribution >= 4 is 29.9 Å². The Morgan fingerprint density at radius 3 is 3.04 bits per heavy atom. The maximum absolute atomic E-state index is 5.66. The van der Waals surface area contributed by atoms with Crippen LogP contribution in [-0.2, 0) is 17.7 Å². The quantitative estimate of drug-likeness (QED) is 0.412. The average Bonchev–Trinajstić information content (AvgIpc) is 3.34. The molecule has 1 N–H and O–H groups in total. The zero-order chi connectivity index (χ0) is 17.3. The molecule has 2 fully saturated rings. The molecular formula is C18H31IN6O. The number of ether oxygens (including phenoxy) is 1. The van der Waals surface area contributed by atoms with Crippen LogP contribution in [0.3, 0.4) is 0 Å². The molecule has 3 aliphatic rings. The Morgan fingerprint density at radius 1 is 1.38 bits per heavy atom. The number of likely N-dealkylation sites (tertiary alicyclic amines) is 1. The van der Waals surface area contributed by atoms with Gasteiger partial charge in [0.25, 0.3) is 0 Å². The summed E-state index contributed by atoms with van der Waals surface area (Å²) in [5, 5.41) is 12.0. The van der Waals surface area contributed by atoms with E-state index in [-0.39, 0.29) is 24.0 Å². The van der Waals surface area contributed by atoms with E-state index in [9.17, 15) is 0 Å². The van der Waals surface area contributed by atoms with Crippen molar-refractivity contribution in [2.45, 2.75) is 46.1 Å². The maximum Gasteiger partial charge on any atom is 0.193 e. The normalized spacial score (nSPS) is 28.3. The Labute approximate surface area is 173 Å². The number of hydrogen-bond donors (Lipinski definition) is 1. The predicted molar refractivity (Wildman–Crippen MR) is 112 cm³/mol. The fourth-order valence-corrected chi connectivity index (χ4v) is 4.41. The molecule has 3 aliphatic heterocycles. The number of aromatic nitrogens is 3. The van der Waals surface area contributed by atoms with Crippen LogP contribution in [0.1, 0.15) is 37.8 Å². The molecule has 1 spiro atoms. The van der Waals surface area contributed by atoms with Gasteiger partial charge in [-0.05, 0) is 39.0 Å². The van der Waals surface area contributed by atoms with Crippen molar-refractivity contribution in [1.29, 1.82) is 0 Å². The monoisotopic (exact) mass is 474 g/mol. The van der Waals surface area contributed by atoms with Gasteiger partial charge >= 0.3 is 0 Å². The lowest BCUT2D eigenvalue weighted by Gasteiger charge is -2.26. The maximum atomic E-state index is 5.66. The Balaban J connectivity index is 0.00000196. The molecule has 8 heteroatoms. The van der Waals surface area contributed by atoms with E-state index in [1.807, 2.05) is 6.92 Å². The van der Waals surface area contributed by atoms with Crippen molar-refractivity contribution in [1.82, 2.24) is 25.0 Å². The summed E-state index contributed by atoms with van der Waals surface area (Å²) in [7, 11) is 0. The Kier molecular flexibility index (Phi) is 6.42. The molecule has 2 atom stereocenters. The molecule has 146 valence electrons. The van der Waals surface area contributed by atoms with Crippen LogP contribution in [0.15, 0.2) is 4.99 Å². The second-order valence-electron chi connectivity index (χ2n) is 7.85. The molecule has 1 aromatic heterocycles. The summed E-state index contributed by atoms with van der Waals surface area (Å²) in [6.07, 6.45) is 4.59. The van der Waals surface area contributed by atoms with Gasteiger partial charge in [0.2, 0.25) is 0 Å². The number of nitrogens with one attached hydrogen (secondary N) is 1. The molecule has 2 unspecified atom stereocenters. The summed E-state index contributed by atoms with van der Waals surface area (Å²) < 4.78 is 7.92. The first-order chi connectivity index (χ1) is 12.2. The van der Waals surface area contributed by atoms with E-state index in [0.29, 0.717) is 11.3 Å². The highest BCUT2D eigenvalue weighted by Crippen LogP contribution is 2.38. The van der Waals surface area contributed by atoms with Crippen LogP contribution >= 0.6 is 24.0 Å². The number of halogens is 1. The summed E-state index contributed by atoms with van der Waals surface area (Å²) in [4.78, 5) is 7.44. The topological polar surface area (TPSA) is 67.6 Å². The van der Waals surface area contributed by atoms with E-state index in [1.165, 1.54) is 12.8 Å². The molecule has 7 nitrogen and oxygen atoms in total. The zero-order valence-electron chi connectivity index (χ0n) is 15.9. The number of hydrogen-bond acceptors (Lipinski definition) is 4. The van der Waals surface area contributed by atoms with Gasteiger partial charge in [0, 0.05) is 51.2 Å². The van der Waals surface area contributed by atoms with Gasteiger partial charge in [-0.25, -0.2) is 0 Å². The minimum Gasteiger partial charge on any atom is -0.381 e. The largest absolute Gasteiger partial charge is 0.381 e. The lowest BCUT2D eigenvalue weighted by Crippen LogP contribution is -2.42. The first kappa shape index (κ1) is 19.9. The van der Waals surface area contributed by atoms with Crippen molar-refractivity contribution in [2.24, 2.45) is 16.3 Å². The van der Waals surface area contributed by atoms with Crippen LogP contribution in [0.5, 0.6) is 0 Å².